The van der Waals surface area contributed by atoms with Gasteiger partial charge in [0.1, 0.15) is 12.2 Å². The molecule has 0 unspecified atom stereocenters. The molecule has 4 atom stereocenters. The Morgan fingerprint density at radius 3 is 2.48 bits per heavy atom. The van der Waals surface area contributed by atoms with E-state index in [1.165, 1.54) is 0 Å². The van der Waals surface area contributed by atoms with Crippen molar-refractivity contribution < 1.29 is 24.1 Å². The normalized spacial score (nSPS) is 24.0. The summed E-state index contributed by atoms with van der Waals surface area (Å²) in [4.78, 5) is 0. The Kier molecular flexibility index (Phi) is 6.14. The summed E-state index contributed by atoms with van der Waals surface area (Å²) in [5, 5.41) is 10.2. The largest absolute Gasteiger partial charge is 0.388 e. The molecule has 118 valence electrons. The van der Waals surface area contributed by atoms with E-state index in [4.69, 9.17) is 18.9 Å². The molecule has 1 fully saturated rings. The van der Waals surface area contributed by atoms with Gasteiger partial charge in [0.25, 0.3) is 0 Å². The highest BCUT2D eigenvalue weighted by atomic mass is 16.7. The number of hydrogen-bond acceptors (Lipinski definition) is 5. The van der Waals surface area contributed by atoms with Crippen molar-refractivity contribution in [3.63, 3.8) is 0 Å². The number of hydrogen-bond donors (Lipinski definition) is 1. The van der Waals surface area contributed by atoms with Crippen molar-refractivity contribution in [2.75, 3.05) is 14.2 Å². The van der Waals surface area contributed by atoms with Gasteiger partial charge in [0.2, 0.25) is 0 Å². The number of ether oxygens (including phenoxy) is 4. The van der Waals surface area contributed by atoms with E-state index in [1.807, 2.05) is 37.3 Å². The van der Waals surface area contributed by atoms with Crippen molar-refractivity contribution >= 4 is 0 Å². The van der Waals surface area contributed by atoms with Crippen molar-refractivity contribution in [3.05, 3.63) is 35.9 Å². The summed E-state index contributed by atoms with van der Waals surface area (Å²) in [6.07, 6.45) is -0.860. The van der Waals surface area contributed by atoms with E-state index in [0.717, 1.165) is 5.56 Å². The Hall–Kier alpha value is -0.980. The molecule has 1 aliphatic rings. The maximum Gasteiger partial charge on any atom is 0.159 e. The third-order valence-corrected chi connectivity index (χ3v) is 3.75. The minimum absolute atomic E-state index is 0.0346. The van der Waals surface area contributed by atoms with E-state index < -0.39 is 6.10 Å². The average Bonchev–Trinajstić information content (AvgIpc) is 3.29. The summed E-state index contributed by atoms with van der Waals surface area (Å²) in [6, 6.07) is 9.89. The van der Waals surface area contributed by atoms with Gasteiger partial charge in [-0.2, -0.15) is 0 Å². The lowest BCUT2D eigenvalue weighted by Crippen LogP contribution is -2.32. The quantitative estimate of drug-likeness (QED) is 0.555. The monoisotopic (exact) mass is 296 g/mol. The summed E-state index contributed by atoms with van der Waals surface area (Å²) in [5.41, 5.74) is 1.09. The molecule has 0 radical (unpaired) electrons. The van der Waals surface area contributed by atoms with Crippen LogP contribution in [0.3, 0.4) is 0 Å². The van der Waals surface area contributed by atoms with Gasteiger partial charge in [0.05, 0.1) is 18.8 Å². The standard InChI is InChI=1S/C16H24O5/c1-11(20-10-12-7-5-4-6-8-12)15(17)16-13(21-16)9-14(18-2)19-3/h4-8,11,13-17H,9-10H2,1-3H3/t11-,13-,15-,16-/m1/s1. The average molecular weight is 296 g/mol. The van der Waals surface area contributed by atoms with Gasteiger partial charge in [-0.05, 0) is 12.5 Å². The van der Waals surface area contributed by atoms with Crippen LogP contribution in [0.25, 0.3) is 0 Å². The minimum Gasteiger partial charge on any atom is -0.388 e. The van der Waals surface area contributed by atoms with Crippen LogP contribution in [0, 0.1) is 0 Å². The molecule has 1 heterocycles. The number of epoxide rings is 1. The lowest BCUT2D eigenvalue weighted by molar-refractivity contribution is -0.109. The maximum atomic E-state index is 10.2. The van der Waals surface area contributed by atoms with Crippen LogP contribution in [0.2, 0.25) is 0 Å². The van der Waals surface area contributed by atoms with Crippen LogP contribution in [-0.4, -0.2) is 50.0 Å². The molecule has 0 spiro atoms. The number of aliphatic hydroxyl groups is 1. The second-order valence-electron chi connectivity index (χ2n) is 5.27. The van der Waals surface area contributed by atoms with Gasteiger partial charge >= 0.3 is 0 Å². The van der Waals surface area contributed by atoms with Crippen LogP contribution in [-0.2, 0) is 25.6 Å². The van der Waals surface area contributed by atoms with Crippen LogP contribution in [0.15, 0.2) is 30.3 Å². The van der Waals surface area contributed by atoms with E-state index in [9.17, 15) is 5.11 Å². The first-order chi connectivity index (χ1) is 10.2. The lowest BCUT2D eigenvalue weighted by Gasteiger charge is -2.18. The van der Waals surface area contributed by atoms with Crippen LogP contribution < -0.4 is 0 Å². The molecule has 0 saturated carbocycles. The van der Waals surface area contributed by atoms with Crippen LogP contribution in [0.4, 0.5) is 0 Å². The zero-order valence-electron chi connectivity index (χ0n) is 12.8. The molecule has 2 rings (SSSR count). The summed E-state index contributed by atoms with van der Waals surface area (Å²) in [5.74, 6) is 0. The third-order valence-electron chi connectivity index (χ3n) is 3.75. The molecule has 5 heteroatoms. The summed E-state index contributed by atoms with van der Waals surface area (Å²) in [6.45, 7) is 2.34. The van der Waals surface area contributed by atoms with Gasteiger partial charge in [-0.3, -0.25) is 0 Å². The molecule has 0 aliphatic carbocycles. The molecule has 1 saturated heterocycles. The van der Waals surface area contributed by atoms with Crippen LogP contribution in [0.1, 0.15) is 18.9 Å². The zero-order chi connectivity index (χ0) is 15.2. The molecule has 1 aromatic rings. The highest BCUT2D eigenvalue weighted by Crippen LogP contribution is 2.32. The van der Waals surface area contributed by atoms with Crippen LogP contribution >= 0.6 is 0 Å². The topological polar surface area (TPSA) is 60.5 Å². The van der Waals surface area contributed by atoms with Gasteiger partial charge in [0.15, 0.2) is 6.29 Å². The molecular formula is C16H24O5. The molecule has 5 nitrogen and oxygen atoms in total. The fraction of sp³-hybridized carbons (Fsp3) is 0.625. The minimum atomic E-state index is -0.645. The van der Waals surface area contributed by atoms with Crippen molar-refractivity contribution in [2.24, 2.45) is 0 Å². The summed E-state index contributed by atoms with van der Waals surface area (Å²) < 4.78 is 21.5. The molecule has 0 bridgehead atoms. The number of methoxy groups -OCH3 is 2. The van der Waals surface area contributed by atoms with Gasteiger partial charge in [-0.1, -0.05) is 30.3 Å². The zero-order valence-corrected chi connectivity index (χ0v) is 12.8. The first kappa shape index (κ1) is 16.4. The van der Waals surface area contributed by atoms with Gasteiger partial charge < -0.3 is 24.1 Å². The Bertz CT molecular complexity index is 406. The predicted molar refractivity (Wildman–Crippen MR) is 77.8 cm³/mol. The predicted octanol–water partition coefficient (Wildman–Crippen LogP) is 1.73. The highest BCUT2D eigenvalue weighted by molar-refractivity contribution is 5.13. The van der Waals surface area contributed by atoms with E-state index in [1.54, 1.807) is 14.2 Å². The number of benzene rings is 1. The second kappa shape index (κ2) is 7.87. The van der Waals surface area contributed by atoms with E-state index >= 15 is 0 Å². The molecule has 1 N–H and O–H groups in total. The molecular weight excluding hydrogens is 272 g/mol. The Morgan fingerprint density at radius 2 is 1.86 bits per heavy atom. The first-order valence-corrected chi connectivity index (χ1v) is 7.20. The van der Waals surface area contributed by atoms with Gasteiger partial charge in [-0.25, -0.2) is 0 Å². The molecule has 21 heavy (non-hydrogen) atoms. The Balaban J connectivity index is 1.72. The SMILES string of the molecule is COC(C[C@H]1O[C@H]1[C@H](O)[C@@H](C)OCc1ccccc1)OC. The first-order valence-electron chi connectivity index (χ1n) is 7.20. The highest BCUT2D eigenvalue weighted by Gasteiger charge is 2.47. The molecule has 0 amide bonds. The fourth-order valence-corrected chi connectivity index (χ4v) is 2.29. The number of aliphatic hydroxyl groups excluding tert-OH is 1. The van der Waals surface area contributed by atoms with Crippen molar-refractivity contribution in [3.8, 4) is 0 Å². The van der Waals surface area contributed by atoms with Gasteiger partial charge in [-0.15, -0.1) is 0 Å². The number of rotatable bonds is 9. The molecule has 1 aromatic carbocycles. The Labute approximate surface area is 125 Å². The molecule has 1 aliphatic heterocycles. The fourth-order valence-electron chi connectivity index (χ4n) is 2.29. The van der Waals surface area contributed by atoms with Crippen molar-refractivity contribution in [2.45, 2.75) is 50.7 Å². The third kappa shape index (κ3) is 4.76. The van der Waals surface area contributed by atoms with E-state index in [0.29, 0.717) is 13.0 Å². The molecule has 0 aromatic heterocycles. The summed E-state index contributed by atoms with van der Waals surface area (Å²) >= 11 is 0. The van der Waals surface area contributed by atoms with Crippen molar-refractivity contribution in [1.29, 1.82) is 0 Å². The van der Waals surface area contributed by atoms with E-state index in [-0.39, 0.29) is 24.6 Å². The van der Waals surface area contributed by atoms with Gasteiger partial charge in [0, 0.05) is 20.6 Å². The summed E-state index contributed by atoms with van der Waals surface area (Å²) in [7, 11) is 3.18. The second-order valence-corrected chi connectivity index (χ2v) is 5.27. The van der Waals surface area contributed by atoms with Crippen LogP contribution in [0.5, 0.6) is 0 Å². The smallest absolute Gasteiger partial charge is 0.159 e. The lowest BCUT2D eigenvalue weighted by atomic mass is 10.1. The maximum absolute atomic E-state index is 10.2. The van der Waals surface area contributed by atoms with Crippen molar-refractivity contribution in [1.82, 2.24) is 0 Å². The Morgan fingerprint density at radius 1 is 1.19 bits per heavy atom. The van der Waals surface area contributed by atoms with E-state index in [2.05, 4.69) is 0 Å².